The van der Waals surface area contributed by atoms with E-state index < -0.39 is 18.5 Å². The molecule has 0 aliphatic carbocycles. The van der Waals surface area contributed by atoms with Crippen molar-refractivity contribution in [2.24, 2.45) is 0 Å². The molecule has 0 atom stereocenters. The molecular weight excluding hydrogens is 344 g/mol. The number of nitrogens with zero attached hydrogens (tertiary/aromatic N) is 1. The third-order valence-corrected chi connectivity index (χ3v) is 3.67. The molecule has 0 bridgehead atoms. The second-order valence-corrected chi connectivity index (χ2v) is 5.87. The number of rotatable bonds is 5. The molecule has 1 heterocycles. The Kier molecular flexibility index (Phi) is 5.88. The maximum atomic E-state index is 12.1. The monoisotopic (exact) mass is 360 g/mol. The molecule has 0 saturated heterocycles. The van der Waals surface area contributed by atoms with E-state index in [1.54, 1.807) is 44.2 Å². The van der Waals surface area contributed by atoms with Crippen molar-refractivity contribution in [3.8, 4) is 0 Å². The average molecular weight is 361 g/mol. The Hall–Kier alpha value is -2.73. The number of aryl methyl sites for hydroxylation is 2. The number of hydrogen-bond acceptors (Lipinski definition) is 5. The lowest BCUT2D eigenvalue weighted by atomic mass is 10.1. The number of benzene rings is 1. The highest BCUT2D eigenvalue weighted by Gasteiger charge is 2.18. The van der Waals surface area contributed by atoms with Crippen molar-refractivity contribution in [2.45, 2.75) is 20.8 Å². The fourth-order valence-corrected chi connectivity index (χ4v) is 2.61. The highest BCUT2D eigenvalue weighted by Crippen LogP contribution is 2.19. The van der Waals surface area contributed by atoms with E-state index in [0.717, 1.165) is 0 Å². The molecule has 1 amide bonds. The molecule has 0 aliphatic rings. The molecule has 25 heavy (non-hydrogen) atoms. The van der Waals surface area contributed by atoms with Crippen molar-refractivity contribution < 1.29 is 19.1 Å². The minimum atomic E-state index is -0.720. The van der Waals surface area contributed by atoms with Crippen LogP contribution in [-0.2, 0) is 9.53 Å². The summed E-state index contributed by atoms with van der Waals surface area (Å²) in [6, 6.07) is 8.19. The first-order valence-electron chi connectivity index (χ1n) is 7.49. The van der Waals surface area contributed by atoms with Crippen LogP contribution in [0, 0.1) is 13.8 Å². The summed E-state index contributed by atoms with van der Waals surface area (Å²) < 4.78 is 5.00. The molecule has 130 valence electrons. The lowest BCUT2D eigenvalue weighted by molar-refractivity contribution is -0.119. The van der Waals surface area contributed by atoms with E-state index in [-0.39, 0.29) is 16.5 Å². The topological polar surface area (TPSA) is 85.4 Å². The van der Waals surface area contributed by atoms with E-state index in [1.165, 1.54) is 6.92 Å². The van der Waals surface area contributed by atoms with Gasteiger partial charge in [-0.3, -0.25) is 9.59 Å². The third-order valence-electron chi connectivity index (χ3n) is 3.39. The molecule has 0 aliphatic heterocycles. The number of Topliss-reactive ketones (excluding diaryl/α,β-unsaturated/α-hetero) is 1. The van der Waals surface area contributed by atoms with Crippen LogP contribution in [0.5, 0.6) is 0 Å². The molecule has 6 nitrogen and oxygen atoms in total. The second kappa shape index (κ2) is 7.90. The van der Waals surface area contributed by atoms with Gasteiger partial charge in [-0.25, -0.2) is 9.78 Å². The van der Waals surface area contributed by atoms with Gasteiger partial charge >= 0.3 is 5.97 Å². The number of aromatic nitrogens is 1. The van der Waals surface area contributed by atoms with Crippen molar-refractivity contribution >= 4 is 34.9 Å². The standard InChI is InChI=1S/C18H17ClN2O4/c1-10-7-11(2)20-17(19)16(10)18(24)25-9-15(23)21-14-6-4-5-13(8-14)12(3)22/h4-8H,9H2,1-3H3,(H,21,23). The summed E-state index contributed by atoms with van der Waals surface area (Å²) >= 11 is 5.98. The molecule has 0 spiro atoms. The second-order valence-electron chi connectivity index (χ2n) is 5.51. The Morgan fingerprint density at radius 1 is 1.20 bits per heavy atom. The zero-order valence-corrected chi connectivity index (χ0v) is 14.8. The molecular formula is C18H17ClN2O4. The number of anilines is 1. The van der Waals surface area contributed by atoms with E-state index in [9.17, 15) is 14.4 Å². The summed E-state index contributed by atoms with van der Waals surface area (Å²) in [5.74, 6) is -1.36. The fourth-order valence-electron chi connectivity index (χ4n) is 2.25. The molecule has 1 aromatic heterocycles. The zero-order valence-electron chi connectivity index (χ0n) is 14.1. The SMILES string of the molecule is CC(=O)c1cccc(NC(=O)COC(=O)c2c(C)cc(C)nc2Cl)c1. The maximum Gasteiger partial charge on any atom is 0.342 e. The average Bonchev–Trinajstić information content (AvgIpc) is 2.52. The molecule has 1 N–H and O–H groups in total. The van der Waals surface area contributed by atoms with Gasteiger partial charge in [-0.2, -0.15) is 0 Å². The zero-order chi connectivity index (χ0) is 18.6. The molecule has 0 unspecified atom stereocenters. The first kappa shape index (κ1) is 18.6. The van der Waals surface area contributed by atoms with Crippen LogP contribution in [0.25, 0.3) is 0 Å². The summed E-state index contributed by atoms with van der Waals surface area (Å²) in [5.41, 5.74) is 2.36. The molecule has 0 saturated carbocycles. The first-order chi connectivity index (χ1) is 11.8. The lowest BCUT2D eigenvalue weighted by Gasteiger charge is -2.10. The van der Waals surface area contributed by atoms with Gasteiger partial charge in [0.2, 0.25) is 0 Å². The number of amides is 1. The van der Waals surface area contributed by atoms with Crippen LogP contribution in [-0.4, -0.2) is 29.3 Å². The summed E-state index contributed by atoms with van der Waals surface area (Å²) in [7, 11) is 0. The third kappa shape index (κ3) is 4.87. The van der Waals surface area contributed by atoms with E-state index in [0.29, 0.717) is 22.5 Å². The number of carbonyl (C=O) groups excluding carboxylic acids is 3. The van der Waals surface area contributed by atoms with Crippen LogP contribution in [0.2, 0.25) is 5.15 Å². The van der Waals surface area contributed by atoms with Gasteiger partial charge in [-0.1, -0.05) is 23.7 Å². The van der Waals surface area contributed by atoms with Crippen LogP contribution in [0.1, 0.15) is 38.9 Å². The predicted octanol–water partition coefficient (Wildman–Crippen LogP) is 3.35. The normalized spacial score (nSPS) is 10.2. The van der Waals surface area contributed by atoms with Crippen LogP contribution < -0.4 is 5.32 Å². The Morgan fingerprint density at radius 3 is 2.56 bits per heavy atom. The Labute approximate surface area is 150 Å². The number of nitrogens with one attached hydrogen (secondary N) is 1. The van der Waals surface area contributed by atoms with E-state index in [1.807, 2.05) is 0 Å². The minimum Gasteiger partial charge on any atom is -0.452 e. The highest BCUT2D eigenvalue weighted by atomic mass is 35.5. The number of esters is 1. The summed E-state index contributed by atoms with van der Waals surface area (Å²) in [6.45, 7) is 4.43. The number of ketones is 1. The molecule has 0 radical (unpaired) electrons. The summed E-state index contributed by atoms with van der Waals surface area (Å²) in [6.07, 6.45) is 0. The van der Waals surface area contributed by atoms with Gasteiger partial charge in [0, 0.05) is 16.9 Å². The molecule has 2 aromatic rings. The molecule has 7 heteroatoms. The van der Waals surface area contributed by atoms with E-state index in [4.69, 9.17) is 16.3 Å². The van der Waals surface area contributed by atoms with Gasteiger partial charge in [-0.05, 0) is 44.5 Å². The van der Waals surface area contributed by atoms with E-state index in [2.05, 4.69) is 10.3 Å². The fraction of sp³-hybridized carbons (Fsp3) is 0.222. The largest absolute Gasteiger partial charge is 0.452 e. The summed E-state index contributed by atoms with van der Waals surface area (Å²) in [5, 5.41) is 2.60. The van der Waals surface area contributed by atoms with Gasteiger partial charge in [0.15, 0.2) is 12.4 Å². The number of pyridine rings is 1. The van der Waals surface area contributed by atoms with Gasteiger partial charge in [0.25, 0.3) is 5.91 Å². The highest BCUT2D eigenvalue weighted by molar-refractivity contribution is 6.32. The van der Waals surface area contributed by atoms with Crippen LogP contribution in [0.4, 0.5) is 5.69 Å². The van der Waals surface area contributed by atoms with Crippen LogP contribution in [0.3, 0.4) is 0 Å². The quantitative estimate of drug-likeness (QED) is 0.502. The predicted molar refractivity (Wildman–Crippen MR) is 94.1 cm³/mol. The van der Waals surface area contributed by atoms with Gasteiger partial charge in [0.1, 0.15) is 5.15 Å². The Morgan fingerprint density at radius 2 is 1.92 bits per heavy atom. The van der Waals surface area contributed by atoms with Gasteiger partial charge in [-0.15, -0.1) is 0 Å². The smallest absolute Gasteiger partial charge is 0.342 e. The van der Waals surface area contributed by atoms with Gasteiger partial charge in [0.05, 0.1) is 5.56 Å². The van der Waals surface area contributed by atoms with Crippen molar-refractivity contribution in [2.75, 3.05) is 11.9 Å². The van der Waals surface area contributed by atoms with Crippen LogP contribution in [0.15, 0.2) is 30.3 Å². The Bertz CT molecular complexity index is 826. The Balaban J connectivity index is 1.99. The van der Waals surface area contributed by atoms with Gasteiger partial charge < -0.3 is 10.1 Å². The van der Waals surface area contributed by atoms with Crippen molar-refractivity contribution in [3.63, 3.8) is 0 Å². The van der Waals surface area contributed by atoms with Crippen molar-refractivity contribution in [1.29, 1.82) is 0 Å². The number of carbonyl (C=O) groups is 3. The minimum absolute atomic E-state index is 0.0390. The van der Waals surface area contributed by atoms with Crippen molar-refractivity contribution in [3.05, 3.63) is 57.9 Å². The molecule has 1 aromatic carbocycles. The maximum absolute atomic E-state index is 12.1. The summed E-state index contributed by atoms with van der Waals surface area (Å²) in [4.78, 5) is 39.4. The van der Waals surface area contributed by atoms with Crippen LogP contribution >= 0.6 is 11.6 Å². The number of ether oxygens (including phenoxy) is 1. The van der Waals surface area contributed by atoms with Crippen molar-refractivity contribution in [1.82, 2.24) is 4.98 Å². The molecule has 2 rings (SSSR count). The number of halogens is 1. The number of hydrogen-bond donors (Lipinski definition) is 1. The van der Waals surface area contributed by atoms with E-state index >= 15 is 0 Å². The first-order valence-corrected chi connectivity index (χ1v) is 7.87. The molecule has 0 fully saturated rings. The lowest BCUT2D eigenvalue weighted by Crippen LogP contribution is -2.21.